The summed E-state index contributed by atoms with van der Waals surface area (Å²) < 4.78 is 12.5. The van der Waals surface area contributed by atoms with Crippen LogP contribution >= 0.6 is 0 Å². The molecule has 4 rings (SSSR count). The Morgan fingerprint density at radius 3 is 2.84 bits per heavy atom. The van der Waals surface area contributed by atoms with Gasteiger partial charge in [0.05, 0.1) is 31.0 Å². The number of carbonyl (C=O) groups is 2. The van der Waals surface area contributed by atoms with Gasteiger partial charge in [0.25, 0.3) is 5.91 Å². The molecular weight excluding hydrogens is 410 g/mol. The Balaban J connectivity index is 1.80. The first-order chi connectivity index (χ1) is 15.2. The molecule has 9 heteroatoms. The summed E-state index contributed by atoms with van der Waals surface area (Å²) in [6.45, 7) is 8.51. The maximum Gasteiger partial charge on any atom is 0.337 e. The van der Waals surface area contributed by atoms with Crippen LogP contribution in [-0.4, -0.2) is 41.0 Å². The van der Waals surface area contributed by atoms with Crippen molar-refractivity contribution in [3.05, 3.63) is 58.9 Å². The van der Waals surface area contributed by atoms with Gasteiger partial charge in [-0.3, -0.25) is 9.48 Å². The maximum absolute atomic E-state index is 13.3. The van der Waals surface area contributed by atoms with Gasteiger partial charge in [0.15, 0.2) is 0 Å². The van der Waals surface area contributed by atoms with Crippen molar-refractivity contribution in [3.63, 3.8) is 0 Å². The number of esters is 1. The Hall–Kier alpha value is -3.17. The average Bonchev–Trinajstić information content (AvgIpc) is 3.27. The Labute approximate surface area is 186 Å². The number of hydrogen-bond acceptors (Lipinski definition) is 7. The first-order valence-electron chi connectivity index (χ1n) is 10.7. The van der Waals surface area contributed by atoms with Crippen LogP contribution in [0.1, 0.15) is 63.0 Å². The molecule has 2 aromatic rings. The van der Waals surface area contributed by atoms with Crippen molar-refractivity contribution in [2.45, 2.75) is 44.4 Å². The number of benzene rings is 1. The largest absolute Gasteiger partial charge is 0.493 e. The summed E-state index contributed by atoms with van der Waals surface area (Å²) in [6.07, 6.45) is 2.44. The van der Waals surface area contributed by atoms with Crippen LogP contribution in [0.25, 0.3) is 0 Å². The van der Waals surface area contributed by atoms with Crippen molar-refractivity contribution >= 4 is 11.9 Å². The number of hydrogen-bond donors (Lipinski definition) is 3. The smallest absolute Gasteiger partial charge is 0.337 e. The van der Waals surface area contributed by atoms with E-state index in [9.17, 15) is 9.59 Å². The molecule has 2 aliphatic rings. The van der Waals surface area contributed by atoms with Crippen LogP contribution in [0.3, 0.4) is 0 Å². The molecule has 0 radical (unpaired) electrons. The lowest BCUT2D eigenvalue weighted by atomic mass is 9.77. The van der Waals surface area contributed by atoms with E-state index >= 15 is 0 Å². The van der Waals surface area contributed by atoms with Crippen molar-refractivity contribution < 1.29 is 19.1 Å². The number of aryl methyl sites for hydroxylation is 2. The number of carbonyl (C=O) groups excluding carboxylic acids is 2. The highest BCUT2D eigenvalue weighted by Gasteiger charge is 2.56. The fourth-order valence-electron chi connectivity index (χ4n) is 5.01. The number of nitrogens with zero attached hydrogens (tertiary/aromatic N) is 2. The van der Waals surface area contributed by atoms with E-state index in [0.717, 1.165) is 11.3 Å². The second kappa shape index (κ2) is 8.07. The van der Waals surface area contributed by atoms with Crippen LogP contribution in [-0.2, 0) is 11.3 Å². The minimum atomic E-state index is -1.29. The van der Waals surface area contributed by atoms with E-state index in [1.807, 2.05) is 19.9 Å². The average molecular weight is 440 g/mol. The quantitative estimate of drug-likeness (QED) is 0.355. The van der Waals surface area contributed by atoms with Crippen LogP contribution in [0.4, 0.5) is 0 Å². The summed E-state index contributed by atoms with van der Waals surface area (Å²) in [5.74, 6) is -0.662. The molecule has 3 unspecified atom stereocenters. The van der Waals surface area contributed by atoms with Crippen LogP contribution in [0.15, 0.2) is 30.9 Å². The highest BCUT2D eigenvalue weighted by molar-refractivity contribution is 5.94. The third-order valence-electron chi connectivity index (χ3n) is 6.43. The van der Waals surface area contributed by atoms with E-state index < -0.39 is 17.7 Å². The molecule has 9 nitrogen and oxygen atoms in total. The number of aromatic nitrogens is 2. The van der Waals surface area contributed by atoms with Crippen LogP contribution in [0.5, 0.6) is 5.75 Å². The standard InChI is InChI=1S/C23H29N5O4/c1-5-7-13-11-32-17-10-14(22(30)31-4)9-15-18(17)19(13)23(25,20(15)24)26-21(29)16-8-12(3)27-28(16)6-2/h5,8-10,13,19-20H,1,6-7,11,24-25H2,2-4H3,(H,26,29)/t13?,19?,20?,23-/m1/s1. The molecule has 4 atom stereocenters. The number of ether oxygens (including phenoxy) is 2. The first-order valence-corrected chi connectivity index (χ1v) is 10.7. The second-order valence-corrected chi connectivity index (χ2v) is 8.39. The third-order valence-corrected chi connectivity index (χ3v) is 6.43. The van der Waals surface area contributed by atoms with Crippen molar-refractivity contribution in [1.82, 2.24) is 15.1 Å². The summed E-state index contributed by atoms with van der Waals surface area (Å²) in [7, 11) is 1.32. The molecule has 0 fully saturated rings. The lowest BCUT2D eigenvalue weighted by Gasteiger charge is -2.41. The van der Waals surface area contributed by atoms with Gasteiger partial charge in [-0.25, -0.2) is 4.79 Å². The van der Waals surface area contributed by atoms with Gasteiger partial charge in [0.2, 0.25) is 0 Å². The predicted molar refractivity (Wildman–Crippen MR) is 118 cm³/mol. The number of amides is 1. The molecule has 32 heavy (non-hydrogen) atoms. The van der Waals surface area contributed by atoms with E-state index in [2.05, 4.69) is 17.0 Å². The van der Waals surface area contributed by atoms with Crippen LogP contribution in [0.2, 0.25) is 0 Å². The molecular formula is C23H29N5O4. The first kappa shape index (κ1) is 22.0. The maximum atomic E-state index is 13.3. The topological polar surface area (TPSA) is 134 Å². The molecule has 1 aliphatic carbocycles. The molecule has 0 bridgehead atoms. The van der Waals surface area contributed by atoms with Gasteiger partial charge >= 0.3 is 5.97 Å². The minimum absolute atomic E-state index is 0.0422. The molecule has 2 heterocycles. The number of allylic oxidation sites excluding steroid dienone is 1. The molecule has 1 aliphatic heterocycles. The lowest BCUT2D eigenvalue weighted by Crippen LogP contribution is -2.64. The number of methoxy groups -OCH3 is 1. The molecule has 5 N–H and O–H groups in total. The monoisotopic (exact) mass is 439 g/mol. The predicted octanol–water partition coefficient (Wildman–Crippen LogP) is 1.76. The van der Waals surface area contributed by atoms with Crippen LogP contribution in [0, 0.1) is 12.8 Å². The van der Waals surface area contributed by atoms with Gasteiger partial charge in [0.1, 0.15) is 17.1 Å². The van der Waals surface area contributed by atoms with Crippen molar-refractivity contribution in [2.24, 2.45) is 17.4 Å². The van der Waals surface area contributed by atoms with Crippen molar-refractivity contribution in [2.75, 3.05) is 13.7 Å². The highest BCUT2D eigenvalue weighted by Crippen LogP contribution is 2.55. The van der Waals surface area contributed by atoms with Crippen LogP contribution < -0.4 is 21.5 Å². The molecule has 1 aromatic heterocycles. The molecule has 0 spiro atoms. The summed E-state index contributed by atoms with van der Waals surface area (Å²) in [5, 5.41) is 7.37. The molecule has 170 valence electrons. The fraction of sp³-hybridized carbons (Fsp3) is 0.435. The zero-order chi connectivity index (χ0) is 23.2. The Morgan fingerprint density at radius 2 is 2.19 bits per heavy atom. The van der Waals surface area contributed by atoms with Crippen molar-refractivity contribution in [3.8, 4) is 5.75 Å². The molecule has 1 aromatic carbocycles. The molecule has 1 amide bonds. The van der Waals surface area contributed by atoms with E-state index in [4.69, 9.17) is 20.9 Å². The zero-order valence-electron chi connectivity index (χ0n) is 18.6. The van der Waals surface area contributed by atoms with E-state index in [1.165, 1.54) is 7.11 Å². The molecule has 0 saturated carbocycles. The minimum Gasteiger partial charge on any atom is -0.493 e. The fourth-order valence-corrected chi connectivity index (χ4v) is 5.01. The van der Waals surface area contributed by atoms with E-state index in [-0.39, 0.29) is 17.7 Å². The number of nitrogens with two attached hydrogens (primary N) is 2. The van der Waals surface area contributed by atoms with Crippen molar-refractivity contribution in [1.29, 1.82) is 0 Å². The Bertz CT molecular complexity index is 1090. The van der Waals surface area contributed by atoms with Gasteiger partial charge in [-0.15, -0.1) is 6.58 Å². The lowest BCUT2D eigenvalue weighted by molar-refractivity contribution is 0.0599. The summed E-state index contributed by atoms with van der Waals surface area (Å²) in [6, 6.07) is 4.30. The summed E-state index contributed by atoms with van der Waals surface area (Å²) in [4.78, 5) is 25.5. The Kier molecular flexibility index (Phi) is 5.56. The van der Waals surface area contributed by atoms with Gasteiger partial charge in [0, 0.05) is 23.9 Å². The normalized spacial score (nSPS) is 25.6. The van der Waals surface area contributed by atoms with E-state index in [0.29, 0.717) is 42.1 Å². The summed E-state index contributed by atoms with van der Waals surface area (Å²) >= 11 is 0. The van der Waals surface area contributed by atoms with Gasteiger partial charge in [-0.1, -0.05) is 6.08 Å². The third kappa shape index (κ3) is 3.28. The highest BCUT2D eigenvalue weighted by atomic mass is 16.5. The number of rotatable bonds is 6. The van der Waals surface area contributed by atoms with Gasteiger partial charge < -0.3 is 26.3 Å². The second-order valence-electron chi connectivity index (χ2n) is 8.39. The molecule has 0 saturated heterocycles. The van der Waals surface area contributed by atoms with Gasteiger partial charge in [-0.05, 0) is 44.0 Å². The SMILES string of the molecule is C=CCC1COc2cc(C(=O)OC)cc3c2C1[C@@](N)(NC(=O)c1cc(C)nn1CC)C3N. The Morgan fingerprint density at radius 1 is 1.44 bits per heavy atom. The van der Waals surface area contributed by atoms with E-state index in [1.54, 1.807) is 22.9 Å². The van der Waals surface area contributed by atoms with Gasteiger partial charge in [-0.2, -0.15) is 5.10 Å². The zero-order valence-corrected chi connectivity index (χ0v) is 18.6. The number of nitrogens with one attached hydrogen (secondary N) is 1. The summed E-state index contributed by atoms with van der Waals surface area (Å²) in [5.41, 5.74) is 15.3.